The van der Waals surface area contributed by atoms with E-state index in [2.05, 4.69) is 108 Å². The highest BCUT2D eigenvalue weighted by atomic mass is 16.5. The Kier molecular flexibility index (Phi) is 36.0. The average Bonchev–Trinajstić information content (AvgIpc) is 3.44. The van der Waals surface area contributed by atoms with Gasteiger partial charge in [-0.2, -0.15) is 0 Å². The lowest BCUT2D eigenvalue weighted by molar-refractivity contribution is -0.147. The number of nitrogens with zero attached hydrogens (tertiary/aromatic N) is 10. The van der Waals surface area contributed by atoms with E-state index in [1.54, 1.807) is 21.3 Å². The quantitative estimate of drug-likeness (QED) is 0.174. The second-order valence-electron chi connectivity index (χ2n) is 27.2. The van der Waals surface area contributed by atoms with Gasteiger partial charge < -0.3 is 48.2 Å². The molecule has 5 rings (SSSR count). The van der Waals surface area contributed by atoms with Gasteiger partial charge in [0.1, 0.15) is 25.4 Å². The molecule has 0 saturated carbocycles. The maximum absolute atomic E-state index is 12.3. The minimum atomic E-state index is -0.408. The summed E-state index contributed by atoms with van der Waals surface area (Å²) >= 11 is 0. The van der Waals surface area contributed by atoms with Crippen LogP contribution in [0.15, 0.2) is 0 Å². The van der Waals surface area contributed by atoms with E-state index in [1.165, 1.54) is 0 Å². The molecule has 0 N–H and O–H groups in total. The Labute approximate surface area is 506 Å². The van der Waals surface area contributed by atoms with Crippen molar-refractivity contribution in [3.63, 3.8) is 0 Å². The van der Waals surface area contributed by atoms with Crippen molar-refractivity contribution in [2.24, 2.45) is 11.3 Å². The lowest BCUT2D eigenvalue weighted by atomic mass is 9.92. The molecule has 5 aliphatic rings. The molecule has 0 radical (unpaired) electrons. The molecule has 488 valence electrons. The largest absolute Gasteiger partial charge is 0.384 e. The Bertz CT molecular complexity index is 1820. The Morgan fingerprint density at radius 3 is 1.05 bits per heavy atom. The molecule has 0 bridgehead atoms. The van der Waals surface area contributed by atoms with Crippen LogP contribution in [0.25, 0.3) is 0 Å². The number of piperazine rings is 5. The fraction of sp³-hybridized carbons (Fsp3) is 0.921. The first-order chi connectivity index (χ1) is 38.5. The molecular formula is C63H126N10O10. The van der Waals surface area contributed by atoms with Gasteiger partial charge in [0.25, 0.3) is 11.8 Å². The fourth-order valence-corrected chi connectivity index (χ4v) is 10.6. The van der Waals surface area contributed by atoms with Gasteiger partial charge in [-0.05, 0) is 137 Å². The number of carbonyl (C=O) groups excluding carboxylic acids is 5. The highest BCUT2D eigenvalue weighted by molar-refractivity contribution is 5.83. The topological polar surface area (TPSA) is 164 Å². The molecule has 20 heteroatoms. The molecule has 5 heterocycles. The lowest BCUT2D eigenvalue weighted by Crippen LogP contribution is -2.56. The smallest absolute Gasteiger partial charge is 0.252 e. The van der Waals surface area contributed by atoms with Crippen molar-refractivity contribution in [3.05, 3.63) is 0 Å². The fourth-order valence-electron chi connectivity index (χ4n) is 10.6. The SMILES string of the molecule is CC(C)OC(C)C(=O)N1CCN(C(C)(C)C)CC1.CC(C)OCC(=O)N1CCN(C(C)(C)C)CC1.COC(C(=O)N1CCN(C(C)C)CC1)C(C)C.COCC(=O)N1CCN(C(C)C)CC1.COCC(C)(C)C(=O)N1CCN(C(C)C)CC1. The van der Waals surface area contributed by atoms with Crippen LogP contribution in [-0.2, 0) is 47.7 Å². The monoisotopic (exact) mass is 1180 g/mol. The molecule has 2 atom stereocenters. The summed E-state index contributed by atoms with van der Waals surface area (Å²) in [7, 11) is 4.82. The van der Waals surface area contributed by atoms with Gasteiger partial charge in [0.05, 0.1) is 24.2 Å². The first-order valence-electron chi connectivity index (χ1n) is 31.4. The molecule has 5 saturated heterocycles. The van der Waals surface area contributed by atoms with E-state index in [-0.39, 0.29) is 84.2 Å². The Morgan fingerprint density at radius 1 is 0.398 bits per heavy atom. The van der Waals surface area contributed by atoms with E-state index in [9.17, 15) is 24.0 Å². The van der Waals surface area contributed by atoms with Crippen molar-refractivity contribution in [1.82, 2.24) is 49.0 Å². The van der Waals surface area contributed by atoms with Crippen LogP contribution >= 0.6 is 0 Å². The van der Waals surface area contributed by atoms with Gasteiger partial charge >= 0.3 is 0 Å². The van der Waals surface area contributed by atoms with Crippen molar-refractivity contribution in [3.8, 4) is 0 Å². The first kappa shape index (κ1) is 78.0. The summed E-state index contributed by atoms with van der Waals surface area (Å²) in [6.45, 7) is 62.9. The first-order valence-corrected chi connectivity index (χ1v) is 31.4. The molecular weight excluding hydrogens is 1060 g/mol. The minimum Gasteiger partial charge on any atom is -0.384 e. The highest BCUT2D eigenvalue weighted by Crippen LogP contribution is 2.22. The molecule has 0 aliphatic carbocycles. The van der Waals surface area contributed by atoms with E-state index in [0.717, 1.165) is 131 Å². The van der Waals surface area contributed by atoms with Crippen LogP contribution in [0.5, 0.6) is 0 Å². The van der Waals surface area contributed by atoms with Crippen LogP contribution in [0.4, 0.5) is 0 Å². The van der Waals surface area contributed by atoms with Crippen LogP contribution in [0.2, 0.25) is 0 Å². The van der Waals surface area contributed by atoms with E-state index in [4.69, 9.17) is 23.7 Å². The van der Waals surface area contributed by atoms with Gasteiger partial charge in [0.15, 0.2) is 0 Å². The molecule has 5 aliphatic heterocycles. The van der Waals surface area contributed by atoms with Gasteiger partial charge in [-0.1, -0.05) is 13.8 Å². The minimum absolute atomic E-state index is 0.0971. The number of amides is 5. The standard InChI is InChI=1S/C14H28N2O2.3C13H26N2O2.C10H20N2O2/c1-11(2)18-12(3)13(17)15-7-9-16(10-8-15)14(4,5)6;1-11(2)14-6-8-15(9-7-14)12(16)13(3,4)10-17-5;1-11(2)17-10-12(16)14-6-8-15(9-7-14)13(3,4)5;1-10(2)12(17-5)13(16)15-8-6-14(7-9-15)11(3)4;1-9(2)11-4-6-12(7-5-11)10(13)8-14-3/h11-12H,7-10H2,1-6H3;2*11H,6-10H2,1-5H3;10-12H,6-9H2,1-5H3;9H,4-8H2,1-3H3. The zero-order valence-corrected chi connectivity index (χ0v) is 57.4. The van der Waals surface area contributed by atoms with Gasteiger partial charge in [0, 0.05) is 181 Å². The molecule has 20 nitrogen and oxygen atoms in total. The van der Waals surface area contributed by atoms with Crippen molar-refractivity contribution in [2.45, 2.75) is 199 Å². The number of methoxy groups -OCH3 is 3. The molecule has 0 aromatic rings. The third kappa shape index (κ3) is 29.0. The number of ether oxygens (including phenoxy) is 5. The molecule has 5 amide bonds. The molecule has 0 aromatic heterocycles. The Hall–Kier alpha value is -3.05. The normalized spacial score (nSPS) is 19.4. The second kappa shape index (κ2) is 38.3. The summed E-state index contributed by atoms with van der Waals surface area (Å²) in [5.74, 6) is 0.935. The molecule has 0 aromatic carbocycles. The van der Waals surface area contributed by atoms with E-state index in [0.29, 0.717) is 24.7 Å². The van der Waals surface area contributed by atoms with Crippen molar-refractivity contribution >= 4 is 29.5 Å². The summed E-state index contributed by atoms with van der Waals surface area (Å²) in [4.78, 5) is 81.7. The maximum atomic E-state index is 12.3. The summed E-state index contributed by atoms with van der Waals surface area (Å²) in [5.41, 5.74) is -0.0203. The predicted molar refractivity (Wildman–Crippen MR) is 336 cm³/mol. The van der Waals surface area contributed by atoms with Gasteiger partial charge in [-0.25, -0.2) is 0 Å². The Morgan fingerprint density at radius 2 is 0.735 bits per heavy atom. The Balaban J connectivity index is 0.000000520. The van der Waals surface area contributed by atoms with Crippen molar-refractivity contribution in [1.29, 1.82) is 0 Å². The summed E-state index contributed by atoms with van der Waals surface area (Å²) in [6.07, 6.45) is -0.401. The van der Waals surface area contributed by atoms with Crippen LogP contribution in [0.3, 0.4) is 0 Å². The third-order valence-corrected chi connectivity index (χ3v) is 16.0. The summed E-state index contributed by atoms with van der Waals surface area (Å²) in [6, 6.07) is 1.71. The molecule has 83 heavy (non-hydrogen) atoms. The number of carbonyl (C=O) groups is 5. The van der Waals surface area contributed by atoms with Crippen LogP contribution in [-0.4, -0.2) is 304 Å². The number of rotatable bonds is 17. The highest BCUT2D eigenvalue weighted by Gasteiger charge is 2.35. The molecule has 2 unspecified atom stereocenters. The van der Waals surface area contributed by atoms with Crippen molar-refractivity contribution < 1.29 is 47.7 Å². The van der Waals surface area contributed by atoms with Crippen LogP contribution in [0, 0.1) is 11.3 Å². The van der Waals surface area contributed by atoms with Gasteiger partial charge in [-0.15, -0.1) is 0 Å². The summed E-state index contributed by atoms with van der Waals surface area (Å²) in [5, 5.41) is 0. The molecule has 5 fully saturated rings. The molecule has 0 spiro atoms. The van der Waals surface area contributed by atoms with Crippen LogP contribution in [0.1, 0.15) is 145 Å². The van der Waals surface area contributed by atoms with Crippen LogP contribution < -0.4 is 0 Å². The zero-order chi connectivity index (χ0) is 63.6. The van der Waals surface area contributed by atoms with E-state index in [1.807, 2.05) is 86.8 Å². The second-order valence-corrected chi connectivity index (χ2v) is 27.2. The van der Waals surface area contributed by atoms with E-state index < -0.39 is 5.41 Å². The zero-order valence-electron chi connectivity index (χ0n) is 57.4. The van der Waals surface area contributed by atoms with Gasteiger partial charge in [-0.3, -0.25) is 48.5 Å². The van der Waals surface area contributed by atoms with Gasteiger partial charge in [0.2, 0.25) is 17.7 Å². The lowest BCUT2D eigenvalue weighted by Gasteiger charge is -2.42. The van der Waals surface area contributed by atoms with Crippen molar-refractivity contribution in [2.75, 3.05) is 172 Å². The number of hydrogen-bond acceptors (Lipinski definition) is 15. The van der Waals surface area contributed by atoms with E-state index >= 15 is 0 Å². The number of hydrogen-bond donors (Lipinski definition) is 0. The summed E-state index contributed by atoms with van der Waals surface area (Å²) < 4.78 is 26.1. The third-order valence-electron chi connectivity index (χ3n) is 16.0. The predicted octanol–water partition coefficient (Wildman–Crippen LogP) is 5.70. The maximum Gasteiger partial charge on any atom is 0.252 e. The average molecular weight is 1180 g/mol.